The summed E-state index contributed by atoms with van der Waals surface area (Å²) >= 11 is 3.16. The Labute approximate surface area is 156 Å². The van der Waals surface area contributed by atoms with Crippen molar-refractivity contribution in [2.45, 2.75) is 6.92 Å². The summed E-state index contributed by atoms with van der Waals surface area (Å²) in [4.78, 5) is 12.5. The van der Waals surface area contributed by atoms with Gasteiger partial charge < -0.3 is 10.1 Å². The van der Waals surface area contributed by atoms with Crippen LogP contribution in [0.5, 0.6) is 5.75 Å². The van der Waals surface area contributed by atoms with E-state index in [0.29, 0.717) is 16.8 Å². The van der Waals surface area contributed by atoms with Crippen molar-refractivity contribution in [2.24, 2.45) is 0 Å². The molecular formula is C18H14BrF2N3O2. The first-order valence-corrected chi connectivity index (χ1v) is 8.52. The van der Waals surface area contributed by atoms with Crippen LogP contribution < -0.4 is 10.1 Å². The summed E-state index contributed by atoms with van der Waals surface area (Å²) < 4.78 is 34.4. The van der Waals surface area contributed by atoms with Gasteiger partial charge >= 0.3 is 0 Å². The number of hydrogen-bond acceptors (Lipinski definition) is 3. The van der Waals surface area contributed by atoms with Gasteiger partial charge in [-0.1, -0.05) is 15.9 Å². The van der Waals surface area contributed by atoms with Crippen molar-refractivity contribution in [1.29, 1.82) is 0 Å². The molecule has 0 bridgehead atoms. The quantitative estimate of drug-likeness (QED) is 0.656. The van der Waals surface area contributed by atoms with E-state index in [0.717, 1.165) is 0 Å². The predicted molar refractivity (Wildman–Crippen MR) is 96.7 cm³/mol. The van der Waals surface area contributed by atoms with E-state index in [-0.39, 0.29) is 22.9 Å². The van der Waals surface area contributed by atoms with Crippen LogP contribution in [0.1, 0.15) is 17.4 Å². The van der Waals surface area contributed by atoms with Crippen LogP contribution in [0.15, 0.2) is 53.1 Å². The minimum Gasteiger partial charge on any atom is -0.490 e. The molecule has 0 spiro atoms. The van der Waals surface area contributed by atoms with E-state index in [1.54, 1.807) is 13.0 Å². The van der Waals surface area contributed by atoms with E-state index >= 15 is 0 Å². The van der Waals surface area contributed by atoms with Gasteiger partial charge in [0.25, 0.3) is 5.91 Å². The monoisotopic (exact) mass is 421 g/mol. The Hall–Kier alpha value is -2.74. The maximum Gasteiger partial charge on any atom is 0.280 e. The van der Waals surface area contributed by atoms with Crippen LogP contribution in [-0.4, -0.2) is 22.3 Å². The molecule has 3 aromatic rings. The fraction of sp³-hybridized carbons (Fsp3) is 0.111. The molecule has 2 aromatic carbocycles. The second-order valence-corrected chi connectivity index (χ2v) is 6.19. The number of carbonyl (C=O) groups is 1. The molecular weight excluding hydrogens is 408 g/mol. The molecule has 1 amide bonds. The summed E-state index contributed by atoms with van der Waals surface area (Å²) in [5.74, 6) is -1.33. The molecule has 134 valence electrons. The highest BCUT2D eigenvalue weighted by Crippen LogP contribution is 2.24. The van der Waals surface area contributed by atoms with Crippen LogP contribution in [-0.2, 0) is 0 Å². The number of carbonyl (C=O) groups excluding carboxylic acids is 1. The number of ether oxygens (including phenoxy) is 1. The Morgan fingerprint density at radius 3 is 2.62 bits per heavy atom. The Morgan fingerprint density at radius 2 is 1.96 bits per heavy atom. The lowest BCUT2D eigenvalue weighted by molar-refractivity contribution is 0.101. The Morgan fingerprint density at radius 1 is 1.23 bits per heavy atom. The second-order valence-electron chi connectivity index (χ2n) is 5.27. The van der Waals surface area contributed by atoms with E-state index < -0.39 is 11.7 Å². The topological polar surface area (TPSA) is 56.2 Å². The van der Waals surface area contributed by atoms with Crippen LogP contribution >= 0.6 is 15.9 Å². The molecule has 8 heteroatoms. The lowest BCUT2D eigenvalue weighted by atomic mass is 10.3. The smallest absolute Gasteiger partial charge is 0.280 e. The molecule has 0 saturated carbocycles. The molecule has 5 nitrogen and oxygen atoms in total. The molecule has 26 heavy (non-hydrogen) atoms. The fourth-order valence-electron chi connectivity index (χ4n) is 2.27. The van der Waals surface area contributed by atoms with Crippen molar-refractivity contribution in [3.8, 4) is 11.4 Å². The van der Waals surface area contributed by atoms with E-state index in [2.05, 4.69) is 26.3 Å². The lowest BCUT2D eigenvalue weighted by Gasteiger charge is -2.06. The number of nitrogens with zero attached hydrogens (tertiary/aromatic N) is 2. The van der Waals surface area contributed by atoms with Gasteiger partial charge in [0.05, 0.1) is 24.2 Å². The van der Waals surface area contributed by atoms with Crippen molar-refractivity contribution in [2.75, 3.05) is 11.9 Å². The van der Waals surface area contributed by atoms with Gasteiger partial charge in [-0.15, -0.1) is 0 Å². The maximum atomic E-state index is 13.9. The van der Waals surface area contributed by atoms with Gasteiger partial charge in [0.1, 0.15) is 11.6 Å². The molecule has 0 atom stereocenters. The Bertz CT molecular complexity index is 942. The molecule has 1 heterocycles. The van der Waals surface area contributed by atoms with Crippen LogP contribution in [0.25, 0.3) is 5.69 Å². The maximum absolute atomic E-state index is 13.9. The number of amides is 1. The van der Waals surface area contributed by atoms with E-state index in [9.17, 15) is 13.6 Å². The third-order valence-corrected chi connectivity index (χ3v) is 3.96. The highest BCUT2D eigenvalue weighted by atomic mass is 79.9. The van der Waals surface area contributed by atoms with Gasteiger partial charge in [-0.2, -0.15) is 5.10 Å². The zero-order chi connectivity index (χ0) is 18.7. The number of aromatic nitrogens is 2. The average molecular weight is 422 g/mol. The van der Waals surface area contributed by atoms with E-state index in [1.165, 1.54) is 47.3 Å². The SMILES string of the molecule is CCOc1cn(-c2ccc(F)cc2)nc1C(=O)Nc1ccc(Br)cc1F. The van der Waals surface area contributed by atoms with Gasteiger partial charge in [-0.25, -0.2) is 13.5 Å². The van der Waals surface area contributed by atoms with E-state index in [4.69, 9.17) is 4.74 Å². The number of hydrogen-bond donors (Lipinski definition) is 1. The van der Waals surface area contributed by atoms with Gasteiger partial charge in [-0.3, -0.25) is 4.79 Å². The van der Waals surface area contributed by atoms with Gasteiger partial charge in [0, 0.05) is 4.47 Å². The van der Waals surface area contributed by atoms with Gasteiger partial charge in [0.15, 0.2) is 11.4 Å². The molecule has 1 N–H and O–H groups in total. The zero-order valence-corrected chi connectivity index (χ0v) is 15.3. The lowest BCUT2D eigenvalue weighted by Crippen LogP contribution is -2.15. The summed E-state index contributed by atoms with van der Waals surface area (Å²) in [7, 11) is 0. The number of benzene rings is 2. The molecule has 3 rings (SSSR count). The fourth-order valence-corrected chi connectivity index (χ4v) is 2.61. The molecule has 0 aliphatic carbocycles. The van der Waals surface area contributed by atoms with Crippen LogP contribution in [0.3, 0.4) is 0 Å². The third kappa shape index (κ3) is 3.91. The molecule has 0 unspecified atom stereocenters. The summed E-state index contributed by atoms with van der Waals surface area (Å²) in [6, 6.07) is 9.91. The molecule has 0 aliphatic rings. The largest absolute Gasteiger partial charge is 0.490 e. The van der Waals surface area contributed by atoms with Gasteiger partial charge in [-0.05, 0) is 49.4 Å². The Balaban J connectivity index is 1.92. The normalized spacial score (nSPS) is 10.6. The number of anilines is 1. The summed E-state index contributed by atoms with van der Waals surface area (Å²) in [5, 5.41) is 6.67. The summed E-state index contributed by atoms with van der Waals surface area (Å²) in [6.07, 6.45) is 1.52. The van der Waals surface area contributed by atoms with E-state index in [1.807, 2.05) is 0 Å². The third-order valence-electron chi connectivity index (χ3n) is 3.47. The second kappa shape index (κ2) is 7.65. The first-order chi connectivity index (χ1) is 12.5. The Kier molecular flexibility index (Phi) is 5.32. The highest BCUT2D eigenvalue weighted by Gasteiger charge is 2.20. The van der Waals surface area contributed by atoms with Crippen LogP contribution in [0.4, 0.5) is 14.5 Å². The summed E-state index contributed by atoms with van der Waals surface area (Å²) in [5.41, 5.74) is 0.580. The summed E-state index contributed by atoms with van der Waals surface area (Å²) in [6.45, 7) is 2.09. The average Bonchev–Trinajstić information content (AvgIpc) is 3.02. The van der Waals surface area contributed by atoms with Crippen molar-refractivity contribution < 1.29 is 18.3 Å². The van der Waals surface area contributed by atoms with Crippen molar-refractivity contribution in [1.82, 2.24) is 9.78 Å². The minimum absolute atomic E-state index is 0.00139. The van der Waals surface area contributed by atoms with Gasteiger partial charge in [0.2, 0.25) is 0 Å². The molecule has 0 aliphatic heterocycles. The first-order valence-electron chi connectivity index (χ1n) is 7.72. The predicted octanol–water partition coefficient (Wildman–Crippen LogP) is 4.56. The number of rotatable bonds is 5. The number of halogens is 3. The molecule has 1 aromatic heterocycles. The van der Waals surface area contributed by atoms with Crippen molar-refractivity contribution in [3.05, 3.63) is 70.5 Å². The standard InChI is InChI=1S/C18H14BrF2N3O2/c1-2-26-16-10-24(13-6-4-12(20)5-7-13)23-17(16)18(25)22-15-8-3-11(19)9-14(15)21/h3-10H,2H2,1H3,(H,22,25). The van der Waals surface area contributed by atoms with Crippen LogP contribution in [0, 0.1) is 11.6 Å². The molecule has 0 fully saturated rings. The highest BCUT2D eigenvalue weighted by molar-refractivity contribution is 9.10. The van der Waals surface area contributed by atoms with Crippen LogP contribution in [0.2, 0.25) is 0 Å². The van der Waals surface area contributed by atoms with Crippen molar-refractivity contribution in [3.63, 3.8) is 0 Å². The molecule has 0 saturated heterocycles. The number of nitrogens with one attached hydrogen (secondary N) is 1. The first kappa shape index (κ1) is 18.1. The minimum atomic E-state index is -0.615. The molecule has 0 radical (unpaired) electrons. The zero-order valence-electron chi connectivity index (χ0n) is 13.7. The van der Waals surface area contributed by atoms with Crippen molar-refractivity contribution >= 4 is 27.5 Å².